The van der Waals surface area contributed by atoms with E-state index in [9.17, 15) is 4.79 Å². The first-order chi connectivity index (χ1) is 11.8. The Morgan fingerprint density at radius 3 is 2.38 bits per heavy atom. The van der Waals surface area contributed by atoms with Crippen molar-refractivity contribution in [2.24, 2.45) is 0 Å². The van der Waals surface area contributed by atoms with Crippen LogP contribution in [0.25, 0.3) is 0 Å². The quantitative estimate of drug-likeness (QED) is 0.794. The minimum Gasteiger partial charge on any atom is -0.445 e. The molecule has 3 heteroatoms. The Morgan fingerprint density at radius 1 is 1.08 bits per heavy atom. The highest BCUT2D eigenvalue weighted by atomic mass is 16.6. The number of carbonyl (C=O) groups is 1. The van der Waals surface area contributed by atoms with Gasteiger partial charge in [-0.2, -0.15) is 0 Å². The normalized spacial score (nSPS) is 14.9. The van der Waals surface area contributed by atoms with E-state index in [0.29, 0.717) is 12.5 Å². The summed E-state index contributed by atoms with van der Waals surface area (Å²) in [7, 11) is 0. The minimum absolute atomic E-state index is 0.222. The molecular weight excluding hydrogens is 298 g/mol. The van der Waals surface area contributed by atoms with Crippen LogP contribution in [0.15, 0.2) is 54.6 Å². The van der Waals surface area contributed by atoms with Gasteiger partial charge in [0.15, 0.2) is 0 Å². The largest absolute Gasteiger partial charge is 0.445 e. The van der Waals surface area contributed by atoms with Crippen molar-refractivity contribution < 1.29 is 9.53 Å². The maximum absolute atomic E-state index is 12.2. The molecule has 0 N–H and O–H groups in total. The third kappa shape index (κ3) is 3.97. The highest BCUT2D eigenvalue weighted by Gasteiger charge is 2.24. The predicted octanol–water partition coefficient (Wildman–Crippen LogP) is 4.18. The molecule has 122 valence electrons. The van der Waals surface area contributed by atoms with Crippen LogP contribution in [0.5, 0.6) is 0 Å². The lowest BCUT2D eigenvalue weighted by atomic mass is 9.89. The summed E-state index contributed by atoms with van der Waals surface area (Å²) in [4.78, 5) is 14.0. The van der Waals surface area contributed by atoms with Gasteiger partial charge >= 0.3 is 6.09 Å². The van der Waals surface area contributed by atoms with Gasteiger partial charge in [-0.05, 0) is 42.0 Å². The molecule has 1 aliphatic rings. The highest BCUT2D eigenvalue weighted by molar-refractivity contribution is 5.67. The molecule has 0 radical (unpaired) electrons. The zero-order valence-electron chi connectivity index (χ0n) is 13.7. The zero-order valence-corrected chi connectivity index (χ0v) is 13.7. The fourth-order valence-electron chi connectivity index (χ4n) is 3.06. The van der Waals surface area contributed by atoms with Gasteiger partial charge in [0.25, 0.3) is 0 Å². The lowest BCUT2D eigenvalue weighted by Crippen LogP contribution is -2.38. The van der Waals surface area contributed by atoms with Crippen molar-refractivity contribution in [3.8, 4) is 12.3 Å². The Bertz CT molecular complexity index is 708. The molecule has 1 aliphatic heterocycles. The number of carbonyl (C=O) groups excluding carboxylic acids is 1. The maximum atomic E-state index is 12.2. The molecule has 1 heterocycles. The number of ether oxygens (including phenoxy) is 1. The van der Waals surface area contributed by atoms with Crippen LogP contribution in [0.4, 0.5) is 4.79 Å². The van der Waals surface area contributed by atoms with Gasteiger partial charge in [-0.3, -0.25) is 0 Å². The molecule has 2 aromatic carbocycles. The lowest BCUT2D eigenvalue weighted by molar-refractivity contribution is 0.0870. The van der Waals surface area contributed by atoms with E-state index in [-0.39, 0.29) is 6.09 Å². The zero-order chi connectivity index (χ0) is 16.8. The second kappa shape index (κ2) is 7.70. The number of hydrogen-bond donors (Lipinski definition) is 0. The monoisotopic (exact) mass is 319 g/mol. The highest BCUT2D eigenvalue weighted by Crippen LogP contribution is 2.28. The molecule has 0 aromatic heterocycles. The van der Waals surface area contributed by atoms with E-state index in [2.05, 4.69) is 18.1 Å². The van der Waals surface area contributed by atoms with E-state index in [1.165, 1.54) is 5.56 Å². The minimum atomic E-state index is -0.222. The number of amides is 1. The van der Waals surface area contributed by atoms with Gasteiger partial charge in [-0.25, -0.2) is 4.79 Å². The van der Waals surface area contributed by atoms with Crippen molar-refractivity contribution >= 4 is 6.09 Å². The van der Waals surface area contributed by atoms with Crippen LogP contribution >= 0.6 is 0 Å². The average Bonchev–Trinajstić information content (AvgIpc) is 2.67. The van der Waals surface area contributed by atoms with E-state index >= 15 is 0 Å². The smallest absolute Gasteiger partial charge is 0.410 e. The molecular formula is C21H21NO2. The number of piperidine rings is 1. The number of nitrogens with zero attached hydrogens (tertiary/aromatic N) is 1. The Kier molecular flexibility index (Phi) is 5.18. The SMILES string of the molecule is C#Cc1ccc(C2CCN(C(=O)OCc3ccccc3)CC2)cc1. The van der Waals surface area contributed by atoms with E-state index in [0.717, 1.165) is 37.1 Å². The fraction of sp³-hybridized carbons (Fsp3) is 0.286. The van der Waals surface area contributed by atoms with Crippen LogP contribution < -0.4 is 0 Å². The van der Waals surface area contributed by atoms with Crippen LogP contribution in [0, 0.1) is 12.3 Å². The van der Waals surface area contributed by atoms with E-state index in [1.54, 1.807) is 4.90 Å². The van der Waals surface area contributed by atoms with Crippen molar-refractivity contribution in [1.82, 2.24) is 4.90 Å². The molecule has 3 rings (SSSR count). The summed E-state index contributed by atoms with van der Waals surface area (Å²) in [6, 6.07) is 17.9. The van der Waals surface area contributed by atoms with E-state index in [4.69, 9.17) is 11.2 Å². The molecule has 0 aliphatic carbocycles. The summed E-state index contributed by atoms with van der Waals surface area (Å²) in [5.41, 5.74) is 3.21. The lowest BCUT2D eigenvalue weighted by Gasteiger charge is -2.31. The van der Waals surface area contributed by atoms with Gasteiger partial charge in [0, 0.05) is 18.7 Å². The molecule has 0 spiro atoms. The van der Waals surface area contributed by atoms with E-state index in [1.807, 2.05) is 42.5 Å². The Labute approximate surface area is 143 Å². The van der Waals surface area contributed by atoms with Crippen LogP contribution in [-0.2, 0) is 11.3 Å². The van der Waals surface area contributed by atoms with Crippen molar-refractivity contribution in [3.05, 3.63) is 71.3 Å². The summed E-state index contributed by atoms with van der Waals surface area (Å²) < 4.78 is 5.40. The fourth-order valence-corrected chi connectivity index (χ4v) is 3.06. The molecule has 1 saturated heterocycles. The van der Waals surface area contributed by atoms with Crippen LogP contribution in [0.1, 0.15) is 35.4 Å². The van der Waals surface area contributed by atoms with Crippen LogP contribution in [-0.4, -0.2) is 24.1 Å². The number of likely N-dealkylation sites (tertiary alicyclic amines) is 1. The Morgan fingerprint density at radius 2 is 1.75 bits per heavy atom. The molecule has 2 aromatic rings. The van der Waals surface area contributed by atoms with Gasteiger partial charge in [0.05, 0.1) is 0 Å². The first-order valence-corrected chi connectivity index (χ1v) is 8.28. The van der Waals surface area contributed by atoms with Crippen LogP contribution in [0.3, 0.4) is 0 Å². The molecule has 0 unspecified atom stereocenters. The average molecular weight is 319 g/mol. The molecule has 0 atom stereocenters. The van der Waals surface area contributed by atoms with Crippen molar-refractivity contribution in [3.63, 3.8) is 0 Å². The second-order valence-corrected chi connectivity index (χ2v) is 6.07. The predicted molar refractivity (Wildman–Crippen MR) is 94.6 cm³/mol. The molecule has 1 fully saturated rings. The van der Waals surface area contributed by atoms with Crippen LogP contribution in [0.2, 0.25) is 0 Å². The first-order valence-electron chi connectivity index (χ1n) is 8.28. The Balaban J connectivity index is 1.49. The van der Waals surface area contributed by atoms with Crippen molar-refractivity contribution in [2.75, 3.05) is 13.1 Å². The number of terminal acetylenes is 1. The molecule has 3 nitrogen and oxygen atoms in total. The topological polar surface area (TPSA) is 29.5 Å². The molecule has 0 saturated carbocycles. The van der Waals surface area contributed by atoms with Gasteiger partial charge in [0.2, 0.25) is 0 Å². The number of rotatable bonds is 3. The third-order valence-corrected chi connectivity index (χ3v) is 4.51. The van der Waals surface area contributed by atoms with E-state index < -0.39 is 0 Å². The molecule has 1 amide bonds. The van der Waals surface area contributed by atoms with Gasteiger partial charge in [-0.15, -0.1) is 6.42 Å². The van der Waals surface area contributed by atoms with Gasteiger partial charge in [0.1, 0.15) is 6.61 Å². The Hall–Kier alpha value is -2.73. The number of benzene rings is 2. The van der Waals surface area contributed by atoms with Crippen molar-refractivity contribution in [2.45, 2.75) is 25.4 Å². The summed E-state index contributed by atoms with van der Waals surface area (Å²) in [6.45, 7) is 1.79. The number of hydrogen-bond acceptors (Lipinski definition) is 2. The standard InChI is InChI=1S/C21H21NO2/c1-2-17-8-10-19(11-9-17)20-12-14-22(15-13-20)21(23)24-16-18-6-4-3-5-7-18/h1,3-11,20H,12-16H2. The third-order valence-electron chi connectivity index (χ3n) is 4.51. The first kappa shape index (κ1) is 16.1. The molecule has 0 bridgehead atoms. The van der Waals surface area contributed by atoms with Gasteiger partial charge < -0.3 is 9.64 Å². The summed E-state index contributed by atoms with van der Waals surface area (Å²) >= 11 is 0. The summed E-state index contributed by atoms with van der Waals surface area (Å²) in [5, 5.41) is 0. The summed E-state index contributed by atoms with van der Waals surface area (Å²) in [5.74, 6) is 3.12. The van der Waals surface area contributed by atoms with Gasteiger partial charge in [-0.1, -0.05) is 48.4 Å². The maximum Gasteiger partial charge on any atom is 0.410 e. The van der Waals surface area contributed by atoms with Crippen molar-refractivity contribution in [1.29, 1.82) is 0 Å². The second-order valence-electron chi connectivity index (χ2n) is 6.07. The molecule has 24 heavy (non-hydrogen) atoms. The summed E-state index contributed by atoms with van der Waals surface area (Å²) in [6.07, 6.45) is 7.08.